The third-order valence-corrected chi connectivity index (χ3v) is 2.87. The predicted octanol–water partition coefficient (Wildman–Crippen LogP) is 3.86. The van der Waals surface area contributed by atoms with Crippen molar-refractivity contribution in [3.63, 3.8) is 0 Å². The molecule has 0 aliphatic heterocycles. The zero-order chi connectivity index (χ0) is 13.7. The molecule has 0 saturated carbocycles. The molecule has 0 saturated heterocycles. The van der Waals surface area contributed by atoms with Gasteiger partial charge < -0.3 is 10.1 Å². The smallest absolute Gasteiger partial charge is 0.127 e. The zero-order valence-electron chi connectivity index (χ0n) is 11.8. The van der Waals surface area contributed by atoms with E-state index in [1.54, 1.807) is 0 Å². The molecular weight excluding hydrogens is 234 g/mol. The molecule has 0 aliphatic carbocycles. The van der Waals surface area contributed by atoms with Crippen molar-refractivity contribution >= 4 is 0 Å². The standard InChI is InChI=1S/C17H21NO/c1-13(2)19-17-10-5-4-9-16(17)15-8-6-7-14(11-15)12-18-3/h4-11,13,18H,12H2,1-3H3. The predicted molar refractivity (Wildman–Crippen MR) is 80.4 cm³/mol. The number of nitrogens with one attached hydrogen (secondary N) is 1. The van der Waals surface area contributed by atoms with Gasteiger partial charge >= 0.3 is 0 Å². The molecule has 0 amide bonds. The van der Waals surface area contributed by atoms with Crippen LogP contribution in [0.25, 0.3) is 11.1 Å². The van der Waals surface area contributed by atoms with Gasteiger partial charge in [-0.1, -0.05) is 36.4 Å². The van der Waals surface area contributed by atoms with Crippen molar-refractivity contribution in [2.75, 3.05) is 7.05 Å². The lowest BCUT2D eigenvalue weighted by atomic mass is 10.0. The highest BCUT2D eigenvalue weighted by Crippen LogP contribution is 2.30. The zero-order valence-corrected chi connectivity index (χ0v) is 11.8. The van der Waals surface area contributed by atoms with Gasteiger partial charge in [-0.2, -0.15) is 0 Å². The summed E-state index contributed by atoms with van der Waals surface area (Å²) in [6.07, 6.45) is 0.182. The second-order valence-corrected chi connectivity index (χ2v) is 4.89. The average molecular weight is 255 g/mol. The number of ether oxygens (including phenoxy) is 1. The van der Waals surface area contributed by atoms with Gasteiger partial charge in [0.05, 0.1) is 6.10 Å². The van der Waals surface area contributed by atoms with Gasteiger partial charge in [0, 0.05) is 12.1 Å². The third kappa shape index (κ3) is 3.58. The molecule has 0 aromatic heterocycles. The highest BCUT2D eigenvalue weighted by atomic mass is 16.5. The van der Waals surface area contributed by atoms with Crippen LogP contribution in [0.1, 0.15) is 19.4 Å². The van der Waals surface area contributed by atoms with Crippen molar-refractivity contribution in [1.29, 1.82) is 0 Å². The minimum absolute atomic E-state index is 0.182. The van der Waals surface area contributed by atoms with Crippen LogP contribution in [-0.4, -0.2) is 13.2 Å². The van der Waals surface area contributed by atoms with Crippen molar-refractivity contribution in [1.82, 2.24) is 5.32 Å². The molecule has 2 nitrogen and oxygen atoms in total. The fraction of sp³-hybridized carbons (Fsp3) is 0.294. The minimum Gasteiger partial charge on any atom is -0.490 e. The molecule has 100 valence electrons. The van der Waals surface area contributed by atoms with Gasteiger partial charge in [0.2, 0.25) is 0 Å². The molecule has 1 N–H and O–H groups in total. The summed E-state index contributed by atoms with van der Waals surface area (Å²) in [7, 11) is 1.96. The highest BCUT2D eigenvalue weighted by molar-refractivity contribution is 5.70. The van der Waals surface area contributed by atoms with Gasteiger partial charge in [-0.15, -0.1) is 0 Å². The molecule has 0 atom stereocenters. The summed E-state index contributed by atoms with van der Waals surface area (Å²) in [4.78, 5) is 0. The Morgan fingerprint density at radius 3 is 2.58 bits per heavy atom. The van der Waals surface area contributed by atoms with Gasteiger partial charge in [-0.05, 0) is 44.2 Å². The number of benzene rings is 2. The average Bonchev–Trinajstić information content (AvgIpc) is 2.39. The summed E-state index contributed by atoms with van der Waals surface area (Å²) >= 11 is 0. The van der Waals surface area contributed by atoms with Gasteiger partial charge in [-0.25, -0.2) is 0 Å². The topological polar surface area (TPSA) is 21.3 Å². The Morgan fingerprint density at radius 2 is 1.84 bits per heavy atom. The second kappa shape index (κ2) is 6.39. The van der Waals surface area contributed by atoms with Crippen LogP contribution in [0.4, 0.5) is 0 Å². The van der Waals surface area contributed by atoms with Crippen LogP contribution < -0.4 is 10.1 Å². The quantitative estimate of drug-likeness (QED) is 0.876. The molecule has 2 aromatic rings. The Morgan fingerprint density at radius 1 is 1.05 bits per heavy atom. The van der Waals surface area contributed by atoms with Gasteiger partial charge in [0.25, 0.3) is 0 Å². The summed E-state index contributed by atoms with van der Waals surface area (Å²) in [6, 6.07) is 16.8. The fourth-order valence-corrected chi connectivity index (χ4v) is 2.11. The molecule has 0 radical (unpaired) electrons. The first-order valence-electron chi connectivity index (χ1n) is 6.70. The number of para-hydroxylation sites is 1. The SMILES string of the molecule is CNCc1cccc(-c2ccccc2OC(C)C)c1. The summed E-state index contributed by atoms with van der Waals surface area (Å²) in [6.45, 7) is 4.98. The largest absolute Gasteiger partial charge is 0.490 e. The van der Waals surface area contributed by atoms with E-state index < -0.39 is 0 Å². The maximum absolute atomic E-state index is 5.88. The maximum atomic E-state index is 5.88. The molecule has 0 spiro atoms. The van der Waals surface area contributed by atoms with Crippen LogP contribution in [0.5, 0.6) is 5.75 Å². The van der Waals surface area contributed by atoms with Crippen LogP contribution >= 0.6 is 0 Å². The van der Waals surface area contributed by atoms with E-state index in [2.05, 4.69) is 35.6 Å². The molecular formula is C17H21NO. The molecule has 0 bridgehead atoms. The van der Waals surface area contributed by atoms with Crippen molar-refractivity contribution in [2.24, 2.45) is 0 Å². The Balaban J connectivity index is 2.37. The van der Waals surface area contributed by atoms with E-state index in [9.17, 15) is 0 Å². The Kier molecular flexibility index (Phi) is 4.58. The first-order chi connectivity index (χ1) is 9.20. The van der Waals surface area contributed by atoms with E-state index in [0.29, 0.717) is 0 Å². The highest BCUT2D eigenvalue weighted by Gasteiger charge is 2.07. The van der Waals surface area contributed by atoms with Crippen molar-refractivity contribution < 1.29 is 4.74 Å². The van der Waals surface area contributed by atoms with E-state index in [1.165, 1.54) is 11.1 Å². The van der Waals surface area contributed by atoms with Crippen LogP contribution in [0.15, 0.2) is 48.5 Å². The van der Waals surface area contributed by atoms with Gasteiger partial charge in [-0.3, -0.25) is 0 Å². The second-order valence-electron chi connectivity index (χ2n) is 4.89. The minimum atomic E-state index is 0.182. The monoisotopic (exact) mass is 255 g/mol. The van der Waals surface area contributed by atoms with Crippen molar-refractivity contribution in [3.8, 4) is 16.9 Å². The Labute approximate surface area is 115 Å². The summed E-state index contributed by atoms with van der Waals surface area (Å²) < 4.78 is 5.88. The lowest BCUT2D eigenvalue weighted by Crippen LogP contribution is -2.07. The van der Waals surface area contributed by atoms with E-state index in [-0.39, 0.29) is 6.10 Å². The van der Waals surface area contributed by atoms with Crippen LogP contribution in [0.3, 0.4) is 0 Å². The fourth-order valence-electron chi connectivity index (χ4n) is 2.11. The van der Waals surface area contributed by atoms with E-state index in [0.717, 1.165) is 17.9 Å². The third-order valence-electron chi connectivity index (χ3n) is 2.87. The lowest BCUT2D eigenvalue weighted by Gasteiger charge is -2.14. The normalized spacial score (nSPS) is 10.7. The first kappa shape index (κ1) is 13.6. The molecule has 2 rings (SSSR count). The molecule has 2 heteroatoms. The van der Waals surface area contributed by atoms with E-state index >= 15 is 0 Å². The first-order valence-corrected chi connectivity index (χ1v) is 6.70. The number of rotatable bonds is 5. The lowest BCUT2D eigenvalue weighted by molar-refractivity contribution is 0.243. The van der Waals surface area contributed by atoms with Crippen LogP contribution in [0, 0.1) is 0 Å². The molecule has 0 fully saturated rings. The molecule has 19 heavy (non-hydrogen) atoms. The Hall–Kier alpha value is -1.80. The number of hydrogen-bond acceptors (Lipinski definition) is 2. The maximum Gasteiger partial charge on any atom is 0.127 e. The summed E-state index contributed by atoms with van der Waals surface area (Å²) in [5.41, 5.74) is 3.62. The van der Waals surface area contributed by atoms with Crippen LogP contribution in [0.2, 0.25) is 0 Å². The molecule has 2 aromatic carbocycles. The molecule has 0 unspecified atom stereocenters. The Bertz CT molecular complexity index is 534. The van der Waals surface area contributed by atoms with Crippen molar-refractivity contribution in [2.45, 2.75) is 26.5 Å². The molecule has 0 heterocycles. The van der Waals surface area contributed by atoms with Gasteiger partial charge in [0.1, 0.15) is 5.75 Å². The van der Waals surface area contributed by atoms with E-state index in [1.807, 2.05) is 39.1 Å². The summed E-state index contributed by atoms with van der Waals surface area (Å²) in [5, 5.41) is 3.18. The van der Waals surface area contributed by atoms with E-state index in [4.69, 9.17) is 4.74 Å². The molecule has 0 aliphatic rings. The summed E-state index contributed by atoms with van der Waals surface area (Å²) in [5.74, 6) is 0.944. The van der Waals surface area contributed by atoms with Crippen LogP contribution in [-0.2, 0) is 6.54 Å². The van der Waals surface area contributed by atoms with Gasteiger partial charge in [0.15, 0.2) is 0 Å². The number of hydrogen-bond donors (Lipinski definition) is 1. The van der Waals surface area contributed by atoms with Crippen molar-refractivity contribution in [3.05, 3.63) is 54.1 Å².